The number of hydrogen-bond donors (Lipinski definition) is 2. The second-order valence-electron chi connectivity index (χ2n) is 6.47. The molecule has 3 aromatic carbocycles. The number of fused-ring (bicyclic) bond motifs is 1. The number of halogens is 1. The van der Waals surface area contributed by atoms with Gasteiger partial charge in [0.15, 0.2) is 0 Å². The van der Waals surface area contributed by atoms with Gasteiger partial charge in [-0.3, -0.25) is 9.59 Å². The SMILES string of the molecule is COc1ccc2cc(CNC(=O)[C@H](C)NC(=O)c3ccc(Br)cc3)ccc2c1. The van der Waals surface area contributed by atoms with Crippen molar-refractivity contribution in [3.63, 3.8) is 0 Å². The Morgan fingerprint density at radius 3 is 2.39 bits per heavy atom. The zero-order valence-electron chi connectivity index (χ0n) is 15.7. The fourth-order valence-corrected chi connectivity index (χ4v) is 3.06. The van der Waals surface area contributed by atoms with Gasteiger partial charge in [-0.25, -0.2) is 0 Å². The number of rotatable bonds is 6. The molecule has 0 saturated heterocycles. The van der Waals surface area contributed by atoms with E-state index in [1.54, 1.807) is 38.3 Å². The van der Waals surface area contributed by atoms with E-state index in [0.29, 0.717) is 12.1 Å². The lowest BCUT2D eigenvalue weighted by atomic mass is 10.1. The minimum Gasteiger partial charge on any atom is -0.497 e. The molecule has 28 heavy (non-hydrogen) atoms. The van der Waals surface area contributed by atoms with Crippen LogP contribution in [-0.4, -0.2) is 25.0 Å². The van der Waals surface area contributed by atoms with Crippen LogP contribution in [0.4, 0.5) is 0 Å². The molecular formula is C22H21BrN2O3. The van der Waals surface area contributed by atoms with Crippen LogP contribution in [-0.2, 0) is 11.3 Å². The Balaban J connectivity index is 1.57. The largest absolute Gasteiger partial charge is 0.497 e. The Kier molecular flexibility index (Phi) is 6.31. The number of carbonyl (C=O) groups is 2. The molecule has 0 heterocycles. The third-order valence-electron chi connectivity index (χ3n) is 4.43. The van der Waals surface area contributed by atoms with E-state index in [9.17, 15) is 9.59 Å². The average molecular weight is 441 g/mol. The maximum atomic E-state index is 12.3. The number of benzene rings is 3. The van der Waals surface area contributed by atoms with Gasteiger partial charge in [-0.2, -0.15) is 0 Å². The summed E-state index contributed by atoms with van der Waals surface area (Å²) in [6.45, 7) is 2.05. The zero-order chi connectivity index (χ0) is 20.1. The lowest BCUT2D eigenvalue weighted by Gasteiger charge is -2.14. The van der Waals surface area contributed by atoms with Crippen LogP contribution in [0.25, 0.3) is 10.8 Å². The number of carbonyl (C=O) groups excluding carboxylic acids is 2. The minimum atomic E-state index is -0.638. The predicted octanol–water partition coefficient (Wildman–Crippen LogP) is 4.05. The standard InChI is InChI=1S/C22H21BrN2O3/c1-14(25-22(27)16-5-8-19(23)9-6-16)21(26)24-13-15-3-4-18-12-20(28-2)10-7-17(18)11-15/h3-12,14H,13H2,1-2H3,(H,24,26)(H,25,27)/t14-/m0/s1. The molecule has 0 fully saturated rings. The van der Waals surface area contributed by atoms with Crippen molar-refractivity contribution in [3.8, 4) is 5.75 Å². The Bertz CT molecular complexity index is 1000. The molecule has 0 saturated carbocycles. The molecule has 0 aliphatic carbocycles. The molecule has 3 aromatic rings. The summed E-state index contributed by atoms with van der Waals surface area (Å²) in [5, 5.41) is 7.73. The molecule has 2 N–H and O–H groups in total. The number of hydrogen-bond acceptors (Lipinski definition) is 3. The van der Waals surface area contributed by atoms with Crippen molar-refractivity contribution in [1.82, 2.24) is 10.6 Å². The van der Waals surface area contributed by atoms with Crippen LogP contribution in [0.5, 0.6) is 5.75 Å². The second-order valence-corrected chi connectivity index (χ2v) is 7.38. The van der Waals surface area contributed by atoms with Crippen LogP contribution in [0.3, 0.4) is 0 Å². The molecule has 1 atom stereocenters. The molecule has 0 radical (unpaired) electrons. The molecule has 6 heteroatoms. The number of ether oxygens (including phenoxy) is 1. The molecule has 0 bridgehead atoms. The normalized spacial score (nSPS) is 11.7. The zero-order valence-corrected chi connectivity index (χ0v) is 17.2. The van der Waals surface area contributed by atoms with Gasteiger partial charge in [-0.15, -0.1) is 0 Å². The van der Waals surface area contributed by atoms with Gasteiger partial charge in [0.2, 0.25) is 5.91 Å². The Morgan fingerprint density at radius 1 is 1.00 bits per heavy atom. The Labute approximate surface area is 172 Å². The van der Waals surface area contributed by atoms with Gasteiger partial charge in [-0.05, 0) is 65.7 Å². The minimum absolute atomic E-state index is 0.236. The highest BCUT2D eigenvalue weighted by Crippen LogP contribution is 2.21. The van der Waals surface area contributed by atoms with Crippen molar-refractivity contribution in [2.24, 2.45) is 0 Å². The highest BCUT2D eigenvalue weighted by Gasteiger charge is 2.16. The van der Waals surface area contributed by atoms with E-state index in [2.05, 4.69) is 26.6 Å². The average Bonchev–Trinajstić information content (AvgIpc) is 2.71. The van der Waals surface area contributed by atoms with Crippen LogP contribution in [0.15, 0.2) is 65.1 Å². The summed E-state index contributed by atoms with van der Waals surface area (Å²) >= 11 is 3.33. The van der Waals surface area contributed by atoms with E-state index < -0.39 is 6.04 Å². The smallest absolute Gasteiger partial charge is 0.251 e. The van der Waals surface area contributed by atoms with E-state index in [0.717, 1.165) is 26.6 Å². The summed E-state index contributed by atoms with van der Waals surface area (Å²) in [6, 6.07) is 18.2. The molecule has 0 spiro atoms. The van der Waals surface area contributed by atoms with Crippen LogP contribution < -0.4 is 15.4 Å². The second kappa shape index (κ2) is 8.89. The van der Waals surface area contributed by atoms with Gasteiger partial charge in [-0.1, -0.05) is 34.1 Å². The van der Waals surface area contributed by atoms with Gasteiger partial charge in [0.25, 0.3) is 5.91 Å². The fraction of sp³-hybridized carbons (Fsp3) is 0.182. The summed E-state index contributed by atoms with van der Waals surface area (Å²) in [4.78, 5) is 24.6. The first-order valence-electron chi connectivity index (χ1n) is 8.87. The molecular weight excluding hydrogens is 420 g/mol. The van der Waals surface area contributed by atoms with Gasteiger partial charge >= 0.3 is 0 Å². The van der Waals surface area contributed by atoms with E-state index >= 15 is 0 Å². The molecule has 0 unspecified atom stereocenters. The summed E-state index contributed by atoms with van der Waals surface area (Å²) in [7, 11) is 1.64. The predicted molar refractivity (Wildman–Crippen MR) is 113 cm³/mol. The topological polar surface area (TPSA) is 67.4 Å². The monoisotopic (exact) mass is 440 g/mol. The van der Waals surface area contributed by atoms with Crippen LogP contribution in [0, 0.1) is 0 Å². The third kappa shape index (κ3) is 4.89. The first-order valence-corrected chi connectivity index (χ1v) is 9.66. The van der Waals surface area contributed by atoms with Crippen LogP contribution in [0.2, 0.25) is 0 Å². The number of nitrogens with one attached hydrogen (secondary N) is 2. The van der Waals surface area contributed by atoms with Crippen molar-refractivity contribution in [2.45, 2.75) is 19.5 Å². The summed E-state index contributed by atoms with van der Waals surface area (Å²) in [6.07, 6.45) is 0. The lowest BCUT2D eigenvalue weighted by Crippen LogP contribution is -2.44. The molecule has 5 nitrogen and oxygen atoms in total. The Morgan fingerprint density at radius 2 is 1.68 bits per heavy atom. The third-order valence-corrected chi connectivity index (χ3v) is 4.95. The summed E-state index contributed by atoms with van der Waals surface area (Å²) in [5.41, 5.74) is 1.49. The molecule has 0 aliphatic rings. The highest BCUT2D eigenvalue weighted by atomic mass is 79.9. The van der Waals surface area contributed by atoms with Gasteiger partial charge < -0.3 is 15.4 Å². The Hall–Kier alpha value is -2.86. The molecule has 144 valence electrons. The summed E-state index contributed by atoms with van der Waals surface area (Å²) in [5.74, 6) is 0.291. The van der Waals surface area contributed by atoms with Gasteiger partial charge in [0.1, 0.15) is 11.8 Å². The molecule has 0 aliphatic heterocycles. The van der Waals surface area contributed by atoms with E-state index in [-0.39, 0.29) is 11.8 Å². The van der Waals surface area contributed by atoms with E-state index in [4.69, 9.17) is 4.74 Å². The maximum Gasteiger partial charge on any atom is 0.251 e. The van der Waals surface area contributed by atoms with E-state index in [1.807, 2.05) is 36.4 Å². The first-order chi connectivity index (χ1) is 13.5. The highest BCUT2D eigenvalue weighted by molar-refractivity contribution is 9.10. The maximum absolute atomic E-state index is 12.3. The lowest BCUT2D eigenvalue weighted by molar-refractivity contribution is -0.122. The van der Waals surface area contributed by atoms with Gasteiger partial charge in [0.05, 0.1) is 7.11 Å². The van der Waals surface area contributed by atoms with Crippen molar-refractivity contribution >= 4 is 38.5 Å². The van der Waals surface area contributed by atoms with Crippen molar-refractivity contribution in [2.75, 3.05) is 7.11 Å². The first kappa shape index (κ1) is 19.9. The number of amides is 2. The number of methoxy groups -OCH3 is 1. The molecule has 3 rings (SSSR count). The van der Waals surface area contributed by atoms with Crippen molar-refractivity contribution < 1.29 is 14.3 Å². The van der Waals surface area contributed by atoms with Gasteiger partial charge in [0, 0.05) is 16.6 Å². The van der Waals surface area contributed by atoms with Crippen LogP contribution >= 0.6 is 15.9 Å². The van der Waals surface area contributed by atoms with Crippen LogP contribution in [0.1, 0.15) is 22.8 Å². The fourth-order valence-electron chi connectivity index (χ4n) is 2.80. The van der Waals surface area contributed by atoms with E-state index in [1.165, 1.54) is 0 Å². The summed E-state index contributed by atoms with van der Waals surface area (Å²) < 4.78 is 6.13. The molecule has 2 amide bonds. The molecule has 0 aromatic heterocycles. The van der Waals surface area contributed by atoms with Crippen molar-refractivity contribution in [1.29, 1.82) is 0 Å². The quantitative estimate of drug-likeness (QED) is 0.607. The van der Waals surface area contributed by atoms with Crippen molar-refractivity contribution in [3.05, 3.63) is 76.3 Å².